The minimum Gasteiger partial charge on any atom is -0.395 e. The van der Waals surface area contributed by atoms with E-state index < -0.39 is 0 Å². The van der Waals surface area contributed by atoms with Crippen molar-refractivity contribution >= 4 is 22.4 Å². The van der Waals surface area contributed by atoms with Crippen molar-refractivity contribution in [3.05, 3.63) is 11.1 Å². The highest BCUT2D eigenvalue weighted by Crippen LogP contribution is 2.38. The maximum atomic E-state index is 12.0. The monoisotopic (exact) mass is 294 g/mol. The van der Waals surface area contributed by atoms with Crippen LogP contribution in [0.5, 0.6) is 0 Å². The molecule has 20 heavy (non-hydrogen) atoms. The maximum Gasteiger partial charge on any atom is 0.229 e. The number of aliphatic hydroxyl groups excluding tert-OH is 1. The van der Waals surface area contributed by atoms with Gasteiger partial charge >= 0.3 is 0 Å². The molecular formula is C14H18N2O3S. The molecule has 1 aromatic heterocycles. The topological polar surface area (TPSA) is 71.5 Å². The van der Waals surface area contributed by atoms with E-state index in [9.17, 15) is 4.79 Å². The van der Waals surface area contributed by atoms with Crippen molar-refractivity contribution in [3.63, 3.8) is 0 Å². The number of carbonyl (C=O) groups is 1. The fraction of sp³-hybridized carbons (Fsp3) is 0.571. The molecule has 1 amide bonds. The highest BCUT2D eigenvalue weighted by atomic mass is 32.1. The van der Waals surface area contributed by atoms with Gasteiger partial charge in [-0.15, -0.1) is 0 Å². The van der Waals surface area contributed by atoms with Crippen molar-refractivity contribution in [2.75, 3.05) is 19.0 Å². The van der Waals surface area contributed by atoms with Gasteiger partial charge in [-0.1, -0.05) is 23.2 Å². The van der Waals surface area contributed by atoms with E-state index >= 15 is 0 Å². The number of aromatic nitrogens is 1. The summed E-state index contributed by atoms with van der Waals surface area (Å²) in [5.41, 5.74) is -0.273. The first-order valence-electron chi connectivity index (χ1n) is 6.58. The Balaban J connectivity index is 1.87. The van der Waals surface area contributed by atoms with Gasteiger partial charge in [-0.05, 0) is 19.3 Å². The zero-order chi connectivity index (χ0) is 14.4. The summed E-state index contributed by atoms with van der Waals surface area (Å²) in [7, 11) is 1.66. The van der Waals surface area contributed by atoms with Crippen LogP contribution in [-0.4, -0.2) is 35.3 Å². The summed E-state index contributed by atoms with van der Waals surface area (Å²) in [6, 6.07) is 0. The van der Waals surface area contributed by atoms with Crippen LogP contribution in [0, 0.1) is 11.8 Å². The van der Waals surface area contributed by atoms with Gasteiger partial charge in [0.25, 0.3) is 0 Å². The molecule has 2 N–H and O–H groups in total. The van der Waals surface area contributed by atoms with E-state index in [1.54, 1.807) is 13.3 Å². The molecule has 1 aromatic rings. The van der Waals surface area contributed by atoms with Crippen LogP contribution in [0.15, 0.2) is 6.20 Å². The standard InChI is InChI=1S/C14H18N2O3S/c1-19-14(6-4-7-14)9-12(18)16-13-15-10-11(20-13)5-2-3-8-17/h10,17H,3-4,6-9H2,1H3,(H,15,16,18). The summed E-state index contributed by atoms with van der Waals surface area (Å²) in [6.45, 7) is 0.0501. The van der Waals surface area contributed by atoms with Gasteiger partial charge in [-0.25, -0.2) is 4.98 Å². The number of rotatable bonds is 5. The number of anilines is 1. The van der Waals surface area contributed by atoms with Gasteiger partial charge in [0.05, 0.1) is 29.7 Å². The Morgan fingerprint density at radius 3 is 3.05 bits per heavy atom. The number of carbonyl (C=O) groups excluding carboxylic acids is 1. The molecule has 0 spiro atoms. The smallest absolute Gasteiger partial charge is 0.229 e. The van der Waals surface area contributed by atoms with Crippen LogP contribution in [0.2, 0.25) is 0 Å². The van der Waals surface area contributed by atoms with Gasteiger partial charge in [0, 0.05) is 13.5 Å². The van der Waals surface area contributed by atoms with Gasteiger partial charge in [-0.2, -0.15) is 0 Å². The average molecular weight is 294 g/mol. The van der Waals surface area contributed by atoms with Crippen molar-refractivity contribution < 1.29 is 14.6 Å². The van der Waals surface area contributed by atoms with E-state index in [1.165, 1.54) is 11.3 Å². The lowest BCUT2D eigenvalue weighted by molar-refractivity contribution is -0.129. The maximum absolute atomic E-state index is 12.0. The molecule has 108 valence electrons. The largest absolute Gasteiger partial charge is 0.395 e. The first kappa shape index (κ1) is 15.0. The molecule has 0 radical (unpaired) electrons. The Morgan fingerprint density at radius 1 is 1.65 bits per heavy atom. The van der Waals surface area contributed by atoms with Crippen molar-refractivity contribution in [2.45, 2.75) is 37.7 Å². The second-order valence-corrected chi connectivity index (χ2v) is 5.80. The Labute approximate surface area is 122 Å². The van der Waals surface area contributed by atoms with Crippen LogP contribution in [0.25, 0.3) is 0 Å². The first-order chi connectivity index (χ1) is 9.67. The van der Waals surface area contributed by atoms with Crippen molar-refractivity contribution in [1.82, 2.24) is 4.98 Å². The Morgan fingerprint density at radius 2 is 2.45 bits per heavy atom. The Bertz CT molecular complexity index is 521. The molecule has 0 atom stereocenters. The lowest BCUT2D eigenvalue weighted by Gasteiger charge is -2.39. The highest BCUT2D eigenvalue weighted by Gasteiger charge is 2.39. The number of hydrogen-bond donors (Lipinski definition) is 2. The summed E-state index contributed by atoms with van der Waals surface area (Å²) >= 11 is 1.33. The fourth-order valence-corrected chi connectivity index (χ4v) is 2.78. The number of hydrogen-bond acceptors (Lipinski definition) is 5. The molecule has 1 heterocycles. The van der Waals surface area contributed by atoms with Gasteiger partial charge in [0.15, 0.2) is 5.13 Å². The molecule has 0 bridgehead atoms. The molecule has 0 unspecified atom stereocenters. The zero-order valence-corrected chi connectivity index (χ0v) is 12.3. The third-order valence-electron chi connectivity index (χ3n) is 3.38. The fourth-order valence-electron chi connectivity index (χ4n) is 2.08. The van der Waals surface area contributed by atoms with E-state index in [-0.39, 0.29) is 18.1 Å². The molecule has 2 rings (SSSR count). The zero-order valence-electron chi connectivity index (χ0n) is 11.4. The van der Waals surface area contributed by atoms with Gasteiger partial charge < -0.3 is 15.2 Å². The van der Waals surface area contributed by atoms with E-state index in [1.807, 2.05) is 0 Å². The molecule has 6 heteroatoms. The van der Waals surface area contributed by atoms with Crippen molar-refractivity contribution in [1.29, 1.82) is 0 Å². The number of aliphatic hydroxyl groups is 1. The van der Waals surface area contributed by atoms with Crippen LogP contribution >= 0.6 is 11.3 Å². The minimum absolute atomic E-state index is 0.0501. The van der Waals surface area contributed by atoms with Crippen LogP contribution in [0.3, 0.4) is 0 Å². The minimum atomic E-state index is -0.273. The van der Waals surface area contributed by atoms with E-state index in [0.29, 0.717) is 18.0 Å². The predicted octanol–water partition coefficient (Wildman–Crippen LogP) is 1.77. The molecule has 5 nitrogen and oxygen atoms in total. The Kier molecular flexibility index (Phi) is 5.12. The first-order valence-corrected chi connectivity index (χ1v) is 7.40. The van der Waals surface area contributed by atoms with E-state index in [4.69, 9.17) is 9.84 Å². The third-order valence-corrected chi connectivity index (χ3v) is 4.21. The predicted molar refractivity (Wildman–Crippen MR) is 77.5 cm³/mol. The summed E-state index contributed by atoms with van der Waals surface area (Å²) in [5.74, 6) is 5.64. The molecule has 0 aliphatic heterocycles. The van der Waals surface area contributed by atoms with Gasteiger partial charge in [-0.3, -0.25) is 4.79 Å². The number of nitrogens with one attached hydrogen (secondary N) is 1. The van der Waals surface area contributed by atoms with Crippen molar-refractivity contribution in [2.24, 2.45) is 0 Å². The molecule has 1 aliphatic rings. The molecule has 0 aromatic carbocycles. The van der Waals surface area contributed by atoms with Gasteiger partial charge in [0.2, 0.25) is 5.91 Å². The van der Waals surface area contributed by atoms with E-state index in [0.717, 1.165) is 24.1 Å². The van der Waals surface area contributed by atoms with Crippen LogP contribution in [-0.2, 0) is 9.53 Å². The SMILES string of the molecule is COC1(CC(=O)Nc2ncc(C#CCCO)s2)CCC1. The van der Waals surface area contributed by atoms with Gasteiger partial charge in [0.1, 0.15) is 0 Å². The second-order valence-electron chi connectivity index (χ2n) is 4.77. The molecule has 1 aliphatic carbocycles. The summed E-state index contributed by atoms with van der Waals surface area (Å²) in [4.78, 5) is 16.8. The molecule has 0 saturated heterocycles. The summed E-state index contributed by atoms with van der Waals surface area (Å²) in [6.07, 6.45) is 5.42. The molecule has 1 saturated carbocycles. The third kappa shape index (κ3) is 3.79. The normalized spacial score (nSPS) is 15.9. The lowest BCUT2D eigenvalue weighted by atomic mass is 9.77. The summed E-state index contributed by atoms with van der Waals surface area (Å²) in [5, 5.41) is 12.0. The number of methoxy groups -OCH3 is 1. The lowest BCUT2D eigenvalue weighted by Crippen LogP contribution is -2.42. The van der Waals surface area contributed by atoms with Crippen LogP contribution in [0.4, 0.5) is 5.13 Å². The Hall–Kier alpha value is -1.42. The number of thiazole rings is 1. The van der Waals surface area contributed by atoms with Crippen LogP contribution < -0.4 is 5.32 Å². The number of nitrogens with zero attached hydrogens (tertiary/aromatic N) is 1. The van der Waals surface area contributed by atoms with Crippen molar-refractivity contribution in [3.8, 4) is 11.8 Å². The second kappa shape index (κ2) is 6.84. The number of amides is 1. The average Bonchev–Trinajstić information content (AvgIpc) is 2.82. The number of ether oxygens (including phenoxy) is 1. The molecule has 1 fully saturated rings. The highest BCUT2D eigenvalue weighted by molar-refractivity contribution is 7.16. The summed E-state index contributed by atoms with van der Waals surface area (Å²) < 4.78 is 5.43. The quantitative estimate of drug-likeness (QED) is 0.812. The van der Waals surface area contributed by atoms with Crippen LogP contribution in [0.1, 0.15) is 37.0 Å². The van der Waals surface area contributed by atoms with E-state index in [2.05, 4.69) is 22.1 Å². The molecular weight excluding hydrogens is 276 g/mol.